The molecule has 2 fully saturated rings. The van der Waals surface area contributed by atoms with Gasteiger partial charge >= 0.3 is 5.97 Å². The molecule has 1 N–H and O–H groups in total. The molecule has 0 bridgehead atoms. The Balaban J connectivity index is 1.38. The molecule has 0 saturated carbocycles. The fourth-order valence-corrected chi connectivity index (χ4v) is 4.33. The molecule has 2 aromatic rings. The molecule has 0 unspecified atom stereocenters. The van der Waals surface area contributed by atoms with Crippen LogP contribution in [0.25, 0.3) is 0 Å². The fraction of sp³-hybridized carbons (Fsp3) is 0.435. The van der Waals surface area contributed by atoms with Gasteiger partial charge in [-0.25, -0.2) is 0 Å². The van der Waals surface area contributed by atoms with E-state index in [0.29, 0.717) is 6.54 Å². The molecule has 2 heterocycles. The van der Waals surface area contributed by atoms with E-state index in [-0.39, 0.29) is 11.8 Å². The molecule has 5 nitrogen and oxygen atoms in total. The van der Waals surface area contributed by atoms with Crippen molar-refractivity contribution in [2.45, 2.75) is 19.0 Å². The Morgan fingerprint density at radius 1 is 0.893 bits per heavy atom. The van der Waals surface area contributed by atoms with Crippen LogP contribution in [0.15, 0.2) is 54.6 Å². The number of morpholine rings is 1. The minimum absolute atomic E-state index is 0.0549. The largest absolute Gasteiger partial charge is 0.481 e. The van der Waals surface area contributed by atoms with Crippen LogP contribution in [-0.2, 0) is 22.6 Å². The van der Waals surface area contributed by atoms with Crippen molar-refractivity contribution in [3.63, 3.8) is 0 Å². The highest BCUT2D eigenvalue weighted by atomic mass is 16.5. The van der Waals surface area contributed by atoms with E-state index >= 15 is 0 Å². The number of hydrogen-bond donors (Lipinski definition) is 1. The molecule has 2 saturated heterocycles. The molecular formula is C23H28N2O3. The van der Waals surface area contributed by atoms with Crippen molar-refractivity contribution >= 4 is 5.97 Å². The SMILES string of the molecule is O=C(O)[C@@H]1CN(Cc2ccc(CN3CCOCC3)cc2)C[C@H]1c1ccccc1. The number of carboxylic acid groups (broad SMARTS) is 1. The Kier molecular flexibility index (Phi) is 6.05. The van der Waals surface area contributed by atoms with Crippen LogP contribution in [0.2, 0.25) is 0 Å². The molecule has 5 heteroatoms. The quantitative estimate of drug-likeness (QED) is 0.835. The van der Waals surface area contributed by atoms with E-state index in [1.807, 2.05) is 30.3 Å². The minimum atomic E-state index is -0.697. The van der Waals surface area contributed by atoms with Crippen LogP contribution in [0, 0.1) is 5.92 Å². The van der Waals surface area contributed by atoms with Crippen molar-refractivity contribution in [1.82, 2.24) is 9.80 Å². The lowest BCUT2D eigenvalue weighted by atomic mass is 9.89. The van der Waals surface area contributed by atoms with Gasteiger partial charge in [0.05, 0.1) is 19.1 Å². The standard InChI is InChI=1S/C23H28N2O3/c26-23(27)22-17-25(16-21(22)20-4-2-1-3-5-20)15-19-8-6-18(7-9-19)14-24-10-12-28-13-11-24/h1-9,21-22H,10-17H2,(H,26,27)/t21-,22+/m0/s1. The highest BCUT2D eigenvalue weighted by Crippen LogP contribution is 2.33. The summed E-state index contributed by atoms with van der Waals surface area (Å²) in [4.78, 5) is 16.5. The summed E-state index contributed by atoms with van der Waals surface area (Å²) in [6, 6.07) is 18.8. The topological polar surface area (TPSA) is 53.0 Å². The second-order valence-corrected chi connectivity index (χ2v) is 7.86. The van der Waals surface area contributed by atoms with E-state index in [2.05, 4.69) is 34.1 Å². The van der Waals surface area contributed by atoms with Gasteiger partial charge in [-0.2, -0.15) is 0 Å². The van der Waals surface area contributed by atoms with Gasteiger partial charge in [0.25, 0.3) is 0 Å². The third-order valence-corrected chi connectivity index (χ3v) is 5.88. The van der Waals surface area contributed by atoms with E-state index in [1.165, 1.54) is 11.1 Å². The highest BCUT2D eigenvalue weighted by molar-refractivity contribution is 5.72. The summed E-state index contributed by atoms with van der Waals surface area (Å²) >= 11 is 0. The van der Waals surface area contributed by atoms with Crippen molar-refractivity contribution in [3.8, 4) is 0 Å². The van der Waals surface area contributed by atoms with Crippen molar-refractivity contribution in [1.29, 1.82) is 0 Å². The second kappa shape index (κ2) is 8.86. The number of aliphatic carboxylic acids is 1. The van der Waals surface area contributed by atoms with Crippen LogP contribution >= 0.6 is 0 Å². The molecular weight excluding hydrogens is 352 g/mol. The first-order valence-electron chi connectivity index (χ1n) is 10.1. The van der Waals surface area contributed by atoms with Gasteiger partial charge in [-0.3, -0.25) is 14.6 Å². The summed E-state index contributed by atoms with van der Waals surface area (Å²) in [6.07, 6.45) is 0. The minimum Gasteiger partial charge on any atom is -0.481 e. The van der Waals surface area contributed by atoms with Crippen molar-refractivity contribution in [3.05, 3.63) is 71.3 Å². The molecule has 4 rings (SSSR count). The van der Waals surface area contributed by atoms with Crippen LogP contribution in [0.4, 0.5) is 0 Å². The van der Waals surface area contributed by atoms with Gasteiger partial charge in [0, 0.05) is 45.2 Å². The number of nitrogens with zero attached hydrogens (tertiary/aromatic N) is 2. The fourth-order valence-electron chi connectivity index (χ4n) is 4.33. The maximum Gasteiger partial charge on any atom is 0.308 e. The van der Waals surface area contributed by atoms with Gasteiger partial charge in [0.15, 0.2) is 0 Å². The number of likely N-dealkylation sites (tertiary alicyclic amines) is 1. The Morgan fingerprint density at radius 2 is 1.50 bits per heavy atom. The van der Waals surface area contributed by atoms with Crippen LogP contribution in [0.3, 0.4) is 0 Å². The number of hydrogen-bond acceptors (Lipinski definition) is 4. The first kappa shape index (κ1) is 19.1. The van der Waals surface area contributed by atoms with Crippen LogP contribution in [-0.4, -0.2) is 60.3 Å². The Bertz CT molecular complexity index is 772. The molecule has 2 aliphatic rings. The lowest BCUT2D eigenvalue weighted by Gasteiger charge is -2.26. The summed E-state index contributed by atoms with van der Waals surface area (Å²) in [7, 11) is 0. The van der Waals surface area contributed by atoms with Gasteiger partial charge in [-0.1, -0.05) is 54.6 Å². The summed E-state index contributed by atoms with van der Waals surface area (Å²) in [5, 5.41) is 9.68. The van der Waals surface area contributed by atoms with E-state index in [0.717, 1.165) is 51.5 Å². The monoisotopic (exact) mass is 380 g/mol. The third-order valence-electron chi connectivity index (χ3n) is 5.88. The maximum absolute atomic E-state index is 11.8. The molecule has 0 aromatic heterocycles. The molecule has 0 spiro atoms. The van der Waals surface area contributed by atoms with Crippen molar-refractivity contribution in [2.24, 2.45) is 5.92 Å². The molecule has 28 heavy (non-hydrogen) atoms. The molecule has 2 aromatic carbocycles. The van der Waals surface area contributed by atoms with E-state index in [1.54, 1.807) is 0 Å². The molecule has 2 aliphatic heterocycles. The Morgan fingerprint density at radius 3 is 2.11 bits per heavy atom. The van der Waals surface area contributed by atoms with Gasteiger partial charge in [0.2, 0.25) is 0 Å². The predicted molar refractivity (Wildman–Crippen MR) is 108 cm³/mol. The van der Waals surface area contributed by atoms with E-state index in [9.17, 15) is 9.90 Å². The highest BCUT2D eigenvalue weighted by Gasteiger charge is 2.38. The predicted octanol–water partition coefficient (Wildman–Crippen LogP) is 2.82. The average molecular weight is 380 g/mol. The van der Waals surface area contributed by atoms with Gasteiger partial charge in [0.1, 0.15) is 0 Å². The Labute approximate surface area is 166 Å². The summed E-state index contributed by atoms with van der Waals surface area (Å²) in [6.45, 7) is 6.77. The van der Waals surface area contributed by atoms with Crippen molar-refractivity contribution in [2.75, 3.05) is 39.4 Å². The summed E-state index contributed by atoms with van der Waals surface area (Å²) in [5.74, 6) is -0.987. The normalized spacial score (nSPS) is 23.7. The number of carboxylic acids is 1. The summed E-state index contributed by atoms with van der Waals surface area (Å²) < 4.78 is 5.41. The van der Waals surface area contributed by atoms with Gasteiger partial charge in [-0.15, -0.1) is 0 Å². The average Bonchev–Trinajstić information content (AvgIpc) is 3.15. The molecule has 0 amide bonds. The zero-order valence-electron chi connectivity index (χ0n) is 16.2. The van der Waals surface area contributed by atoms with E-state index < -0.39 is 5.97 Å². The molecule has 148 valence electrons. The van der Waals surface area contributed by atoms with Crippen LogP contribution in [0.1, 0.15) is 22.6 Å². The van der Waals surface area contributed by atoms with Gasteiger partial charge in [-0.05, 0) is 16.7 Å². The lowest BCUT2D eigenvalue weighted by molar-refractivity contribution is -0.141. The smallest absolute Gasteiger partial charge is 0.308 e. The van der Waals surface area contributed by atoms with Gasteiger partial charge < -0.3 is 9.84 Å². The Hall–Kier alpha value is -2.21. The van der Waals surface area contributed by atoms with Crippen LogP contribution < -0.4 is 0 Å². The maximum atomic E-state index is 11.8. The lowest BCUT2D eigenvalue weighted by Crippen LogP contribution is -2.35. The second-order valence-electron chi connectivity index (χ2n) is 7.86. The third kappa shape index (κ3) is 4.61. The first-order chi connectivity index (χ1) is 13.7. The molecule has 0 radical (unpaired) electrons. The van der Waals surface area contributed by atoms with Crippen LogP contribution in [0.5, 0.6) is 0 Å². The molecule has 2 atom stereocenters. The molecule has 0 aliphatic carbocycles. The zero-order valence-corrected chi connectivity index (χ0v) is 16.2. The first-order valence-corrected chi connectivity index (χ1v) is 10.1. The number of benzene rings is 2. The number of rotatable bonds is 6. The summed E-state index contributed by atoms with van der Waals surface area (Å²) in [5.41, 5.74) is 3.68. The number of ether oxygens (including phenoxy) is 1. The van der Waals surface area contributed by atoms with Crippen molar-refractivity contribution < 1.29 is 14.6 Å². The number of carbonyl (C=O) groups is 1. The van der Waals surface area contributed by atoms with E-state index in [4.69, 9.17) is 4.74 Å². The zero-order chi connectivity index (χ0) is 19.3.